The van der Waals surface area contributed by atoms with E-state index in [1.54, 1.807) is 10.9 Å². The van der Waals surface area contributed by atoms with Crippen LogP contribution in [-0.2, 0) is 5.75 Å². The topological polar surface area (TPSA) is 106 Å². The van der Waals surface area contributed by atoms with Crippen LogP contribution in [0, 0.1) is 6.92 Å². The van der Waals surface area contributed by atoms with E-state index in [1.807, 2.05) is 49.6 Å². The smallest absolute Gasteiger partial charge is 0.274 e. The third kappa shape index (κ3) is 3.90. The van der Waals surface area contributed by atoms with E-state index in [0.29, 0.717) is 22.9 Å². The fourth-order valence-corrected chi connectivity index (χ4v) is 3.40. The predicted octanol–water partition coefficient (Wildman–Crippen LogP) is 2.93. The molecule has 0 aliphatic rings. The fraction of sp³-hybridized carbons (Fsp3) is 0.150. The van der Waals surface area contributed by atoms with Crippen molar-refractivity contribution >= 4 is 34.4 Å². The van der Waals surface area contributed by atoms with E-state index in [1.165, 1.54) is 17.8 Å². The van der Waals surface area contributed by atoms with Crippen molar-refractivity contribution in [2.75, 3.05) is 11.6 Å². The normalized spacial score (nSPS) is 11.0. The molecule has 0 saturated carbocycles. The fourth-order valence-electron chi connectivity index (χ4n) is 2.99. The molecule has 2 N–H and O–H groups in total. The number of amides is 1. The quantitative estimate of drug-likeness (QED) is 0.528. The first-order valence-electron chi connectivity index (χ1n) is 8.86. The molecule has 3 heterocycles. The summed E-state index contributed by atoms with van der Waals surface area (Å²) in [5, 5.41) is 8.15. The van der Waals surface area contributed by atoms with Gasteiger partial charge in [0.15, 0.2) is 5.65 Å². The van der Waals surface area contributed by atoms with Crippen LogP contribution in [0.2, 0.25) is 0 Å². The molecule has 4 rings (SSSR count). The number of carbonyl (C=O) groups excluding carboxylic acids is 1. The first-order valence-corrected chi connectivity index (χ1v) is 10.3. The van der Waals surface area contributed by atoms with Crippen LogP contribution >= 0.6 is 11.8 Å². The third-order valence-corrected chi connectivity index (χ3v) is 4.83. The summed E-state index contributed by atoms with van der Waals surface area (Å²) in [5.41, 5.74) is 2.61. The summed E-state index contributed by atoms with van der Waals surface area (Å²) in [4.78, 5) is 35.7. The Bertz CT molecular complexity index is 1250. The maximum Gasteiger partial charge on any atom is 0.274 e. The number of para-hydroxylation sites is 1. The van der Waals surface area contributed by atoms with E-state index in [2.05, 4.69) is 25.4 Å². The Hall–Kier alpha value is -3.46. The van der Waals surface area contributed by atoms with E-state index in [-0.39, 0.29) is 11.3 Å². The van der Waals surface area contributed by atoms with Crippen molar-refractivity contribution < 1.29 is 4.79 Å². The molecular formula is C20H18N6O2S. The Morgan fingerprint density at radius 2 is 2.03 bits per heavy atom. The van der Waals surface area contributed by atoms with Gasteiger partial charge in [-0.3, -0.25) is 9.59 Å². The Kier molecular flexibility index (Phi) is 5.13. The van der Waals surface area contributed by atoms with Crippen LogP contribution in [0.4, 0.5) is 5.69 Å². The summed E-state index contributed by atoms with van der Waals surface area (Å²) >= 11 is 1.51. The van der Waals surface area contributed by atoms with Gasteiger partial charge in [0.25, 0.3) is 11.5 Å². The molecule has 0 atom stereocenters. The largest absolute Gasteiger partial charge is 0.319 e. The molecule has 0 fully saturated rings. The number of fused-ring (bicyclic) bond motifs is 1. The van der Waals surface area contributed by atoms with Crippen LogP contribution < -0.4 is 10.9 Å². The van der Waals surface area contributed by atoms with Gasteiger partial charge in [0.2, 0.25) is 0 Å². The zero-order valence-electron chi connectivity index (χ0n) is 15.8. The second-order valence-corrected chi connectivity index (χ2v) is 7.26. The van der Waals surface area contributed by atoms with Crippen LogP contribution in [0.15, 0.2) is 53.5 Å². The molecule has 3 aromatic heterocycles. The minimum absolute atomic E-state index is 0.0644. The van der Waals surface area contributed by atoms with Crippen molar-refractivity contribution in [2.24, 2.45) is 0 Å². The SMILES string of the molecule is CSCc1nc(C(=O)Nc2cnc3c(c2)c(C)nn3-c2ccccc2)cc(=O)[nH]1. The van der Waals surface area contributed by atoms with Gasteiger partial charge in [0, 0.05) is 11.5 Å². The second-order valence-electron chi connectivity index (χ2n) is 6.39. The first-order chi connectivity index (χ1) is 14.0. The lowest BCUT2D eigenvalue weighted by molar-refractivity contribution is 0.102. The number of rotatable bonds is 5. The highest BCUT2D eigenvalue weighted by molar-refractivity contribution is 7.97. The van der Waals surface area contributed by atoms with Gasteiger partial charge in [-0.05, 0) is 31.4 Å². The zero-order valence-corrected chi connectivity index (χ0v) is 16.7. The van der Waals surface area contributed by atoms with Crippen LogP contribution in [0.3, 0.4) is 0 Å². The molecule has 8 nitrogen and oxygen atoms in total. The first kappa shape index (κ1) is 18.9. The van der Waals surface area contributed by atoms with Gasteiger partial charge in [0.1, 0.15) is 11.5 Å². The highest BCUT2D eigenvalue weighted by Gasteiger charge is 2.14. The third-order valence-electron chi connectivity index (χ3n) is 4.27. The summed E-state index contributed by atoms with van der Waals surface area (Å²) in [6.07, 6.45) is 3.46. The van der Waals surface area contributed by atoms with Gasteiger partial charge in [0.05, 0.1) is 29.0 Å². The highest BCUT2D eigenvalue weighted by Crippen LogP contribution is 2.23. The molecule has 0 aliphatic heterocycles. The van der Waals surface area contributed by atoms with Gasteiger partial charge in [-0.1, -0.05) is 18.2 Å². The summed E-state index contributed by atoms with van der Waals surface area (Å²) in [6.45, 7) is 1.89. The van der Waals surface area contributed by atoms with Crippen molar-refractivity contribution in [3.8, 4) is 5.69 Å². The number of hydrogen-bond acceptors (Lipinski definition) is 6. The molecule has 0 saturated heterocycles. The zero-order chi connectivity index (χ0) is 20.4. The molecule has 29 heavy (non-hydrogen) atoms. The standard InChI is InChI=1S/C20H18N6O2S/c1-12-15-8-13(10-21-19(15)26(25-12)14-6-4-3-5-7-14)22-20(28)16-9-18(27)24-17(23-16)11-29-2/h3-10H,11H2,1-2H3,(H,22,28)(H,23,24,27). The number of H-pyrrole nitrogens is 1. The molecule has 1 amide bonds. The van der Waals surface area contributed by atoms with E-state index in [4.69, 9.17) is 0 Å². The Balaban J connectivity index is 1.65. The van der Waals surface area contributed by atoms with Crippen molar-refractivity contribution in [1.82, 2.24) is 24.7 Å². The average molecular weight is 406 g/mol. The predicted molar refractivity (Wildman–Crippen MR) is 114 cm³/mol. The van der Waals surface area contributed by atoms with E-state index in [0.717, 1.165) is 16.8 Å². The molecule has 0 radical (unpaired) electrons. The summed E-state index contributed by atoms with van der Waals surface area (Å²) in [6, 6.07) is 12.7. The monoisotopic (exact) mass is 406 g/mol. The summed E-state index contributed by atoms with van der Waals surface area (Å²) < 4.78 is 1.77. The molecule has 1 aromatic carbocycles. The van der Waals surface area contributed by atoms with Gasteiger partial charge >= 0.3 is 0 Å². The van der Waals surface area contributed by atoms with Gasteiger partial charge in [-0.15, -0.1) is 0 Å². The van der Waals surface area contributed by atoms with Gasteiger partial charge < -0.3 is 10.3 Å². The number of hydrogen-bond donors (Lipinski definition) is 2. The number of benzene rings is 1. The number of nitrogens with one attached hydrogen (secondary N) is 2. The molecule has 0 spiro atoms. The minimum atomic E-state index is -0.465. The van der Waals surface area contributed by atoms with Crippen molar-refractivity contribution in [3.05, 3.63) is 76.2 Å². The van der Waals surface area contributed by atoms with Crippen molar-refractivity contribution in [3.63, 3.8) is 0 Å². The molecule has 0 unspecified atom stereocenters. The Morgan fingerprint density at radius 3 is 2.79 bits per heavy atom. The van der Waals surface area contributed by atoms with E-state index in [9.17, 15) is 9.59 Å². The molecule has 146 valence electrons. The van der Waals surface area contributed by atoms with E-state index >= 15 is 0 Å². The molecule has 4 aromatic rings. The molecule has 9 heteroatoms. The lowest BCUT2D eigenvalue weighted by Gasteiger charge is -2.06. The number of anilines is 1. The maximum absolute atomic E-state index is 12.6. The van der Waals surface area contributed by atoms with Crippen LogP contribution in [0.5, 0.6) is 0 Å². The van der Waals surface area contributed by atoms with Crippen molar-refractivity contribution in [1.29, 1.82) is 0 Å². The number of aromatic nitrogens is 5. The highest BCUT2D eigenvalue weighted by atomic mass is 32.2. The molecule has 0 aliphatic carbocycles. The number of aromatic amines is 1. The summed E-state index contributed by atoms with van der Waals surface area (Å²) in [5.74, 6) is 0.512. The van der Waals surface area contributed by atoms with Gasteiger partial charge in [-0.2, -0.15) is 16.9 Å². The molecular weight excluding hydrogens is 388 g/mol. The average Bonchev–Trinajstić information content (AvgIpc) is 3.05. The van der Waals surface area contributed by atoms with Gasteiger partial charge in [-0.25, -0.2) is 14.6 Å². The minimum Gasteiger partial charge on any atom is -0.319 e. The lowest BCUT2D eigenvalue weighted by Crippen LogP contribution is -2.20. The van der Waals surface area contributed by atoms with Crippen molar-refractivity contribution in [2.45, 2.75) is 12.7 Å². The van der Waals surface area contributed by atoms with Crippen LogP contribution in [0.25, 0.3) is 16.7 Å². The number of carbonyl (C=O) groups is 1. The Morgan fingerprint density at radius 1 is 1.24 bits per heavy atom. The van der Waals surface area contributed by atoms with E-state index < -0.39 is 5.91 Å². The second kappa shape index (κ2) is 7.88. The van der Waals surface area contributed by atoms with Crippen LogP contribution in [0.1, 0.15) is 22.0 Å². The number of nitrogens with zero attached hydrogens (tertiary/aromatic N) is 4. The number of pyridine rings is 1. The van der Waals surface area contributed by atoms with Crippen LogP contribution in [-0.4, -0.2) is 36.9 Å². The Labute approximate surface area is 170 Å². The number of aryl methyl sites for hydroxylation is 1. The number of thioether (sulfide) groups is 1. The summed E-state index contributed by atoms with van der Waals surface area (Å²) in [7, 11) is 0. The lowest BCUT2D eigenvalue weighted by atomic mass is 10.2. The maximum atomic E-state index is 12.6. The molecule has 0 bridgehead atoms.